The second kappa shape index (κ2) is 9.90. The molecule has 0 saturated carbocycles. The van der Waals surface area contributed by atoms with Gasteiger partial charge in [-0.15, -0.1) is 0 Å². The molecule has 5 heteroatoms. The van der Waals surface area contributed by atoms with Crippen LogP contribution < -0.4 is 0 Å². The maximum absolute atomic E-state index is 6.97. The molecule has 0 spiro atoms. The summed E-state index contributed by atoms with van der Waals surface area (Å²) in [6.45, 7) is 19.2. The van der Waals surface area contributed by atoms with Crippen LogP contribution in [0.25, 0.3) is 0 Å². The van der Waals surface area contributed by atoms with E-state index in [1.165, 1.54) is 0 Å². The molecule has 1 aromatic rings. The number of halogens is 1. The molecule has 1 fully saturated rings. The fourth-order valence-corrected chi connectivity index (χ4v) is 5.59. The first-order valence-corrected chi connectivity index (χ1v) is 15.0. The second-order valence-electron chi connectivity index (χ2n) is 9.99. The van der Waals surface area contributed by atoms with E-state index in [9.17, 15) is 0 Å². The largest absolute Gasteiger partial charge is 0.413 e. The van der Waals surface area contributed by atoms with Crippen molar-refractivity contribution in [2.75, 3.05) is 11.0 Å². The van der Waals surface area contributed by atoms with Crippen LogP contribution >= 0.6 is 22.6 Å². The number of benzene rings is 1. The molecule has 1 aliphatic rings. The Morgan fingerprint density at radius 2 is 1.79 bits per heavy atom. The van der Waals surface area contributed by atoms with Gasteiger partial charge in [-0.3, -0.25) is 0 Å². The fraction of sp³-hybridized carbons (Fsp3) is 0.739. The van der Waals surface area contributed by atoms with E-state index in [2.05, 4.69) is 89.4 Å². The number of alkyl halides is 1. The molecule has 0 radical (unpaired) electrons. The van der Waals surface area contributed by atoms with Gasteiger partial charge in [-0.2, -0.15) is 0 Å². The highest BCUT2D eigenvalue weighted by atomic mass is 127. The van der Waals surface area contributed by atoms with E-state index < -0.39 is 8.32 Å². The number of rotatable bonds is 7. The quantitative estimate of drug-likeness (QED) is 0.225. The average Bonchev–Trinajstić information content (AvgIpc) is 2.65. The third-order valence-corrected chi connectivity index (χ3v) is 12.4. The molecule has 1 heterocycles. The SMILES string of the molecule is C[C@H]([C@H]1O[C@@H](c2ccccc2)OC[C@@H]1C)[C@H](O[Si](C)(C)C(C)(C)C)[C@@H](C)CI. The summed E-state index contributed by atoms with van der Waals surface area (Å²) in [5.41, 5.74) is 1.09. The van der Waals surface area contributed by atoms with Crippen LogP contribution in [0.5, 0.6) is 0 Å². The predicted octanol–water partition coefficient (Wildman–Crippen LogP) is 6.83. The molecule has 1 saturated heterocycles. The van der Waals surface area contributed by atoms with E-state index in [0.29, 0.717) is 17.8 Å². The van der Waals surface area contributed by atoms with Crippen LogP contribution in [0.1, 0.15) is 53.4 Å². The minimum atomic E-state index is -1.87. The zero-order chi connectivity index (χ0) is 21.1. The summed E-state index contributed by atoms with van der Waals surface area (Å²) < 4.78 is 20.6. The second-order valence-corrected chi connectivity index (χ2v) is 15.6. The van der Waals surface area contributed by atoms with E-state index in [0.717, 1.165) is 16.6 Å². The van der Waals surface area contributed by atoms with Gasteiger partial charge in [0, 0.05) is 21.8 Å². The molecule has 28 heavy (non-hydrogen) atoms. The molecule has 1 aliphatic heterocycles. The smallest absolute Gasteiger partial charge is 0.192 e. The maximum atomic E-state index is 6.97. The first-order chi connectivity index (χ1) is 13.0. The Labute approximate surface area is 187 Å². The van der Waals surface area contributed by atoms with Crippen molar-refractivity contribution < 1.29 is 13.9 Å². The molecule has 0 unspecified atom stereocenters. The molecule has 2 rings (SSSR count). The topological polar surface area (TPSA) is 27.7 Å². The zero-order valence-electron chi connectivity index (χ0n) is 18.9. The summed E-state index contributed by atoms with van der Waals surface area (Å²) in [6, 6.07) is 10.3. The molecule has 6 atom stereocenters. The summed E-state index contributed by atoms with van der Waals surface area (Å²) in [6.07, 6.45) is 0.0344. The van der Waals surface area contributed by atoms with Gasteiger partial charge in [-0.25, -0.2) is 0 Å². The number of hydrogen-bond acceptors (Lipinski definition) is 3. The van der Waals surface area contributed by atoms with Crippen molar-refractivity contribution in [3.05, 3.63) is 35.9 Å². The van der Waals surface area contributed by atoms with Gasteiger partial charge in [0.15, 0.2) is 14.6 Å². The molecule has 3 nitrogen and oxygen atoms in total. The van der Waals surface area contributed by atoms with Gasteiger partial charge in [0.2, 0.25) is 0 Å². The Hall–Kier alpha value is 0.0469. The van der Waals surface area contributed by atoms with Crippen molar-refractivity contribution in [1.82, 2.24) is 0 Å². The van der Waals surface area contributed by atoms with E-state index in [4.69, 9.17) is 13.9 Å². The lowest BCUT2D eigenvalue weighted by Crippen LogP contribution is -2.51. The van der Waals surface area contributed by atoms with E-state index in [-0.39, 0.29) is 23.5 Å². The van der Waals surface area contributed by atoms with Crippen molar-refractivity contribution in [1.29, 1.82) is 0 Å². The van der Waals surface area contributed by atoms with Crippen LogP contribution in [-0.4, -0.2) is 31.6 Å². The van der Waals surface area contributed by atoms with Crippen LogP contribution in [0.2, 0.25) is 18.1 Å². The molecule has 0 aliphatic carbocycles. The highest BCUT2D eigenvalue weighted by molar-refractivity contribution is 14.1. The van der Waals surface area contributed by atoms with Gasteiger partial charge in [0.1, 0.15) is 0 Å². The monoisotopic (exact) mass is 518 g/mol. The Morgan fingerprint density at radius 1 is 1.18 bits per heavy atom. The van der Waals surface area contributed by atoms with Crippen LogP contribution in [0.3, 0.4) is 0 Å². The van der Waals surface area contributed by atoms with Crippen LogP contribution in [0.15, 0.2) is 30.3 Å². The van der Waals surface area contributed by atoms with Crippen LogP contribution in [0.4, 0.5) is 0 Å². The lowest BCUT2D eigenvalue weighted by molar-refractivity contribution is -0.256. The Balaban J connectivity index is 2.22. The predicted molar refractivity (Wildman–Crippen MR) is 128 cm³/mol. The zero-order valence-corrected chi connectivity index (χ0v) is 22.0. The fourth-order valence-electron chi connectivity index (χ4n) is 3.61. The number of ether oxygens (including phenoxy) is 2. The van der Waals surface area contributed by atoms with Gasteiger partial charge < -0.3 is 13.9 Å². The van der Waals surface area contributed by atoms with Crippen molar-refractivity contribution in [2.24, 2.45) is 17.8 Å². The van der Waals surface area contributed by atoms with Crippen molar-refractivity contribution in [3.8, 4) is 0 Å². The molecular formula is C23H39IO3Si. The summed E-state index contributed by atoms with van der Waals surface area (Å²) in [4.78, 5) is 0. The minimum absolute atomic E-state index is 0.124. The van der Waals surface area contributed by atoms with E-state index in [1.807, 2.05) is 18.2 Å². The van der Waals surface area contributed by atoms with Gasteiger partial charge in [-0.1, -0.05) is 94.5 Å². The Kier molecular flexibility index (Phi) is 8.60. The van der Waals surface area contributed by atoms with Gasteiger partial charge in [0.05, 0.1) is 18.8 Å². The van der Waals surface area contributed by atoms with Gasteiger partial charge in [0.25, 0.3) is 0 Å². The summed E-state index contributed by atoms with van der Waals surface area (Å²) in [5, 5.41) is 0.199. The Bertz CT molecular complexity index is 602. The highest BCUT2D eigenvalue weighted by Gasteiger charge is 2.44. The van der Waals surface area contributed by atoms with Crippen molar-refractivity contribution in [3.63, 3.8) is 0 Å². The van der Waals surface area contributed by atoms with Gasteiger partial charge in [-0.05, 0) is 24.1 Å². The van der Waals surface area contributed by atoms with E-state index >= 15 is 0 Å². The van der Waals surface area contributed by atoms with Crippen LogP contribution in [-0.2, 0) is 13.9 Å². The van der Waals surface area contributed by atoms with Crippen LogP contribution in [0, 0.1) is 17.8 Å². The van der Waals surface area contributed by atoms with Crippen molar-refractivity contribution >= 4 is 30.9 Å². The highest BCUT2D eigenvalue weighted by Crippen LogP contribution is 2.41. The summed E-state index contributed by atoms with van der Waals surface area (Å²) in [7, 11) is -1.87. The molecule has 0 amide bonds. The molecule has 160 valence electrons. The van der Waals surface area contributed by atoms with Crippen molar-refractivity contribution in [2.45, 2.75) is 78.2 Å². The standard InChI is InChI=1S/C23H39IO3Si/c1-16(14-24)21(27-28(7,8)23(4,5)6)18(3)20-17(2)15-25-22(26-20)19-12-10-9-11-13-19/h9-13,16-18,20-22H,14-15H2,1-8H3/t16-,17-,18+,20-,21+,22-/m0/s1. The van der Waals surface area contributed by atoms with E-state index in [1.54, 1.807) is 0 Å². The lowest BCUT2D eigenvalue weighted by atomic mass is 9.84. The molecule has 1 aromatic carbocycles. The van der Waals surface area contributed by atoms with Gasteiger partial charge >= 0.3 is 0 Å². The first-order valence-electron chi connectivity index (χ1n) is 10.5. The lowest BCUT2D eigenvalue weighted by Gasteiger charge is -2.46. The minimum Gasteiger partial charge on any atom is -0.413 e. The first kappa shape index (κ1) is 24.3. The summed E-state index contributed by atoms with van der Waals surface area (Å²) >= 11 is 2.49. The normalized spacial score (nSPS) is 27.2. The third-order valence-electron chi connectivity index (χ3n) is 6.50. The molecule has 0 bridgehead atoms. The molecular weight excluding hydrogens is 479 g/mol. The summed E-state index contributed by atoms with van der Waals surface area (Å²) in [5.74, 6) is 1.14. The maximum Gasteiger partial charge on any atom is 0.192 e. The average molecular weight is 519 g/mol. The molecule has 0 aromatic heterocycles. The number of hydrogen-bond donors (Lipinski definition) is 0. The Morgan fingerprint density at radius 3 is 2.32 bits per heavy atom. The molecule has 0 N–H and O–H groups in total. The third kappa shape index (κ3) is 5.81.